The van der Waals surface area contributed by atoms with Gasteiger partial charge in [-0.1, -0.05) is 26.7 Å². The molecule has 0 aromatic rings. The van der Waals surface area contributed by atoms with E-state index < -0.39 is 8.80 Å². The van der Waals surface area contributed by atoms with Crippen LogP contribution in [0.15, 0.2) is 0 Å². The van der Waals surface area contributed by atoms with Crippen molar-refractivity contribution in [2.24, 2.45) is 0 Å². The minimum atomic E-state index is -2.44. The standard InChI is InChI=1S/C10H24O3SSi/c1-5-7-9-15(11-3,12-4)13-10(14)8-6-2/h10,14H,5-9H2,1-4H3. The van der Waals surface area contributed by atoms with Crippen LogP contribution in [0.3, 0.4) is 0 Å². The second-order valence-electron chi connectivity index (χ2n) is 3.56. The quantitative estimate of drug-likeness (QED) is 0.388. The van der Waals surface area contributed by atoms with Gasteiger partial charge < -0.3 is 13.3 Å². The third kappa shape index (κ3) is 5.92. The molecule has 0 aliphatic heterocycles. The molecule has 0 heterocycles. The third-order valence-electron chi connectivity index (χ3n) is 2.31. The summed E-state index contributed by atoms with van der Waals surface area (Å²) in [5.41, 5.74) is -0.0709. The average Bonchev–Trinajstić information content (AvgIpc) is 2.25. The van der Waals surface area contributed by atoms with Crippen molar-refractivity contribution in [1.82, 2.24) is 0 Å². The summed E-state index contributed by atoms with van der Waals surface area (Å²) in [4.78, 5) is 0. The van der Waals surface area contributed by atoms with Crippen LogP contribution in [0.4, 0.5) is 0 Å². The topological polar surface area (TPSA) is 27.7 Å². The fraction of sp³-hybridized carbons (Fsp3) is 1.00. The molecule has 92 valence electrons. The van der Waals surface area contributed by atoms with Gasteiger partial charge in [-0.15, -0.1) is 12.6 Å². The smallest absolute Gasteiger partial charge is 0.377 e. The zero-order valence-electron chi connectivity index (χ0n) is 10.3. The van der Waals surface area contributed by atoms with Gasteiger partial charge in [0.05, 0.1) is 5.44 Å². The molecule has 0 aliphatic rings. The first-order valence-corrected chi connectivity index (χ1v) is 8.05. The number of hydrogen-bond acceptors (Lipinski definition) is 4. The summed E-state index contributed by atoms with van der Waals surface area (Å²) in [7, 11) is 0.888. The third-order valence-corrected chi connectivity index (χ3v) is 5.73. The zero-order valence-corrected chi connectivity index (χ0v) is 12.2. The molecule has 0 amide bonds. The maximum atomic E-state index is 5.84. The Morgan fingerprint density at radius 1 is 1.13 bits per heavy atom. The number of hydrogen-bond donors (Lipinski definition) is 1. The maximum Gasteiger partial charge on any atom is 0.501 e. The Morgan fingerprint density at radius 3 is 2.13 bits per heavy atom. The van der Waals surface area contributed by atoms with Gasteiger partial charge in [0.15, 0.2) is 0 Å². The molecule has 0 saturated carbocycles. The highest BCUT2D eigenvalue weighted by molar-refractivity contribution is 7.80. The SMILES string of the molecule is CCCC[Si](OC)(OC)OC(S)CCC. The normalized spacial score (nSPS) is 14.2. The molecular weight excluding hydrogens is 228 g/mol. The van der Waals surface area contributed by atoms with Crippen molar-refractivity contribution in [3.63, 3.8) is 0 Å². The monoisotopic (exact) mass is 252 g/mol. The van der Waals surface area contributed by atoms with Gasteiger partial charge >= 0.3 is 8.80 Å². The average molecular weight is 252 g/mol. The summed E-state index contributed by atoms with van der Waals surface area (Å²) in [6.45, 7) is 4.26. The molecule has 0 N–H and O–H groups in total. The van der Waals surface area contributed by atoms with Crippen LogP contribution in [-0.2, 0) is 13.3 Å². The van der Waals surface area contributed by atoms with E-state index in [9.17, 15) is 0 Å². The molecular formula is C10H24O3SSi. The van der Waals surface area contributed by atoms with Gasteiger partial charge in [0.25, 0.3) is 0 Å². The van der Waals surface area contributed by atoms with Crippen molar-refractivity contribution in [3.05, 3.63) is 0 Å². The fourth-order valence-electron chi connectivity index (χ4n) is 1.35. The van der Waals surface area contributed by atoms with Crippen LogP contribution in [0.2, 0.25) is 6.04 Å². The van der Waals surface area contributed by atoms with Crippen LogP contribution in [-0.4, -0.2) is 28.5 Å². The van der Waals surface area contributed by atoms with Crippen LogP contribution >= 0.6 is 12.6 Å². The van der Waals surface area contributed by atoms with Crippen molar-refractivity contribution < 1.29 is 13.3 Å². The Balaban J connectivity index is 4.21. The van der Waals surface area contributed by atoms with Crippen molar-refractivity contribution >= 4 is 21.4 Å². The van der Waals surface area contributed by atoms with Crippen LogP contribution in [0.25, 0.3) is 0 Å². The molecule has 1 unspecified atom stereocenters. The Bertz CT molecular complexity index is 154. The lowest BCUT2D eigenvalue weighted by atomic mass is 10.4. The van der Waals surface area contributed by atoms with E-state index in [4.69, 9.17) is 13.3 Å². The van der Waals surface area contributed by atoms with E-state index in [2.05, 4.69) is 26.5 Å². The molecule has 0 fully saturated rings. The second kappa shape index (κ2) is 8.58. The van der Waals surface area contributed by atoms with E-state index in [0.717, 1.165) is 31.7 Å². The summed E-state index contributed by atoms with van der Waals surface area (Å²) >= 11 is 4.39. The van der Waals surface area contributed by atoms with Crippen LogP contribution in [0.1, 0.15) is 39.5 Å². The minimum absolute atomic E-state index is 0.0709. The van der Waals surface area contributed by atoms with Crippen molar-refractivity contribution in [3.8, 4) is 0 Å². The molecule has 15 heavy (non-hydrogen) atoms. The molecule has 1 atom stereocenters. The molecule has 0 aliphatic carbocycles. The van der Waals surface area contributed by atoms with Gasteiger partial charge in [0, 0.05) is 20.3 Å². The first kappa shape index (κ1) is 15.4. The van der Waals surface area contributed by atoms with Crippen LogP contribution in [0, 0.1) is 0 Å². The summed E-state index contributed by atoms with van der Waals surface area (Å²) in [5.74, 6) is 0. The predicted octanol–water partition coefficient (Wildman–Crippen LogP) is 3.09. The molecule has 0 bridgehead atoms. The number of thiol groups is 1. The zero-order chi connectivity index (χ0) is 11.7. The van der Waals surface area contributed by atoms with E-state index in [1.165, 1.54) is 0 Å². The van der Waals surface area contributed by atoms with E-state index in [1.54, 1.807) is 14.2 Å². The molecule has 3 nitrogen and oxygen atoms in total. The summed E-state index contributed by atoms with van der Waals surface area (Å²) in [5, 5.41) is 0. The molecule has 0 radical (unpaired) electrons. The predicted molar refractivity (Wildman–Crippen MR) is 68.3 cm³/mol. The summed E-state index contributed by atoms with van der Waals surface area (Å²) in [6, 6.07) is 0.872. The maximum absolute atomic E-state index is 5.84. The molecule has 0 aromatic heterocycles. The van der Waals surface area contributed by atoms with Gasteiger partial charge in [0.1, 0.15) is 0 Å². The summed E-state index contributed by atoms with van der Waals surface area (Å²) in [6.07, 6.45) is 4.17. The molecule has 0 aromatic carbocycles. The van der Waals surface area contributed by atoms with E-state index in [1.807, 2.05) is 0 Å². The first-order chi connectivity index (χ1) is 7.14. The Labute approximate surface area is 100 Å². The van der Waals surface area contributed by atoms with Crippen molar-refractivity contribution in [2.45, 2.75) is 51.0 Å². The first-order valence-electron chi connectivity index (χ1n) is 5.60. The highest BCUT2D eigenvalue weighted by Gasteiger charge is 2.39. The lowest BCUT2D eigenvalue weighted by molar-refractivity contribution is 0.0849. The highest BCUT2D eigenvalue weighted by Crippen LogP contribution is 2.22. The van der Waals surface area contributed by atoms with Gasteiger partial charge in [-0.2, -0.15) is 0 Å². The number of unbranched alkanes of at least 4 members (excludes halogenated alkanes) is 1. The Kier molecular flexibility index (Phi) is 8.84. The molecule has 5 heteroatoms. The van der Waals surface area contributed by atoms with Gasteiger partial charge in [-0.3, -0.25) is 0 Å². The van der Waals surface area contributed by atoms with Gasteiger partial charge in [-0.05, 0) is 12.8 Å². The lowest BCUT2D eigenvalue weighted by Crippen LogP contribution is -2.45. The van der Waals surface area contributed by atoms with Crippen molar-refractivity contribution in [2.75, 3.05) is 14.2 Å². The fourth-order valence-corrected chi connectivity index (χ4v) is 4.29. The Hall–Kier alpha value is 0.447. The molecule has 0 rings (SSSR count). The van der Waals surface area contributed by atoms with E-state index >= 15 is 0 Å². The summed E-state index contributed by atoms with van der Waals surface area (Å²) < 4.78 is 16.7. The highest BCUT2D eigenvalue weighted by atomic mass is 32.1. The Morgan fingerprint density at radius 2 is 1.73 bits per heavy atom. The largest absolute Gasteiger partial charge is 0.501 e. The van der Waals surface area contributed by atoms with Gasteiger partial charge in [0.2, 0.25) is 0 Å². The van der Waals surface area contributed by atoms with E-state index in [0.29, 0.717) is 0 Å². The molecule has 0 saturated heterocycles. The number of rotatable bonds is 9. The lowest BCUT2D eigenvalue weighted by Gasteiger charge is -2.29. The molecule has 0 spiro atoms. The minimum Gasteiger partial charge on any atom is -0.377 e. The van der Waals surface area contributed by atoms with E-state index in [-0.39, 0.29) is 5.44 Å². The van der Waals surface area contributed by atoms with Crippen LogP contribution in [0.5, 0.6) is 0 Å². The van der Waals surface area contributed by atoms with Crippen molar-refractivity contribution in [1.29, 1.82) is 0 Å². The second-order valence-corrected chi connectivity index (χ2v) is 7.05. The van der Waals surface area contributed by atoms with Gasteiger partial charge in [-0.25, -0.2) is 0 Å². The van der Waals surface area contributed by atoms with Crippen LogP contribution < -0.4 is 0 Å².